The highest BCUT2D eigenvalue weighted by Gasteiger charge is 2.08. The van der Waals surface area contributed by atoms with Gasteiger partial charge in [-0.25, -0.2) is 4.98 Å². The largest absolute Gasteiger partial charge is 0.382 e. The molecule has 94 valence electrons. The summed E-state index contributed by atoms with van der Waals surface area (Å²) in [6, 6.07) is 8.35. The molecule has 4 nitrogen and oxygen atoms in total. The van der Waals surface area contributed by atoms with Crippen LogP contribution >= 0.6 is 0 Å². The number of hydrogen-bond donors (Lipinski definition) is 1. The fraction of sp³-hybridized carbons (Fsp3) is 0.286. The Hall–Kier alpha value is -2.10. The molecule has 0 fully saturated rings. The first kappa shape index (κ1) is 12.4. The zero-order chi connectivity index (χ0) is 13.0. The number of nitrogens with two attached hydrogens (primary N) is 1. The van der Waals surface area contributed by atoms with Gasteiger partial charge in [-0.05, 0) is 25.5 Å². The van der Waals surface area contributed by atoms with Crippen molar-refractivity contribution in [2.24, 2.45) is 0 Å². The van der Waals surface area contributed by atoms with E-state index in [1.807, 2.05) is 0 Å². The lowest BCUT2D eigenvalue weighted by molar-refractivity contribution is 0.801. The van der Waals surface area contributed by atoms with Gasteiger partial charge in [-0.3, -0.25) is 4.98 Å². The van der Waals surface area contributed by atoms with Crippen LogP contribution in [0.4, 0.5) is 11.5 Å². The van der Waals surface area contributed by atoms with E-state index in [0.29, 0.717) is 5.82 Å². The van der Waals surface area contributed by atoms with Gasteiger partial charge < -0.3 is 10.6 Å². The molecular weight excluding hydrogens is 224 g/mol. The van der Waals surface area contributed by atoms with Gasteiger partial charge in [-0.2, -0.15) is 0 Å². The SMILES string of the molecule is CCN(Cc1cnc(N)cn1)c1ccccc1C. The Balaban J connectivity index is 2.20. The molecule has 0 spiro atoms. The number of anilines is 2. The monoisotopic (exact) mass is 242 g/mol. The van der Waals surface area contributed by atoms with Gasteiger partial charge in [-0.15, -0.1) is 0 Å². The van der Waals surface area contributed by atoms with Crippen molar-refractivity contribution in [3.05, 3.63) is 47.9 Å². The van der Waals surface area contributed by atoms with Crippen LogP contribution < -0.4 is 10.6 Å². The topological polar surface area (TPSA) is 55.0 Å². The first-order valence-corrected chi connectivity index (χ1v) is 6.07. The highest BCUT2D eigenvalue weighted by molar-refractivity contribution is 5.52. The second-order valence-corrected chi connectivity index (χ2v) is 4.23. The zero-order valence-corrected chi connectivity index (χ0v) is 10.8. The van der Waals surface area contributed by atoms with Crippen LogP contribution in [-0.4, -0.2) is 16.5 Å². The molecule has 1 heterocycles. The summed E-state index contributed by atoms with van der Waals surface area (Å²) in [4.78, 5) is 10.6. The van der Waals surface area contributed by atoms with Gasteiger partial charge in [0.25, 0.3) is 0 Å². The van der Waals surface area contributed by atoms with Crippen LogP contribution in [0, 0.1) is 6.92 Å². The summed E-state index contributed by atoms with van der Waals surface area (Å²) in [5.41, 5.74) is 8.96. The first-order chi connectivity index (χ1) is 8.70. The second kappa shape index (κ2) is 5.49. The molecule has 0 bridgehead atoms. The Kier molecular flexibility index (Phi) is 3.77. The van der Waals surface area contributed by atoms with Crippen LogP contribution in [0.2, 0.25) is 0 Å². The molecule has 4 heteroatoms. The summed E-state index contributed by atoms with van der Waals surface area (Å²) in [5.74, 6) is 0.456. The second-order valence-electron chi connectivity index (χ2n) is 4.23. The van der Waals surface area contributed by atoms with Gasteiger partial charge >= 0.3 is 0 Å². The van der Waals surface area contributed by atoms with Crippen LogP contribution in [-0.2, 0) is 6.54 Å². The molecule has 0 atom stereocenters. The minimum absolute atomic E-state index is 0.456. The van der Waals surface area contributed by atoms with Gasteiger partial charge in [0.15, 0.2) is 0 Å². The van der Waals surface area contributed by atoms with Gasteiger partial charge in [0.2, 0.25) is 0 Å². The van der Waals surface area contributed by atoms with E-state index in [-0.39, 0.29) is 0 Å². The summed E-state index contributed by atoms with van der Waals surface area (Å²) >= 11 is 0. The Bertz CT molecular complexity index is 507. The van der Waals surface area contributed by atoms with Crippen molar-refractivity contribution in [1.82, 2.24) is 9.97 Å². The van der Waals surface area contributed by atoms with Crippen LogP contribution in [0.5, 0.6) is 0 Å². The van der Waals surface area contributed by atoms with E-state index in [4.69, 9.17) is 5.73 Å². The normalized spacial score (nSPS) is 10.3. The van der Waals surface area contributed by atoms with Crippen molar-refractivity contribution >= 4 is 11.5 Å². The fourth-order valence-corrected chi connectivity index (χ4v) is 1.93. The lowest BCUT2D eigenvalue weighted by atomic mass is 10.2. The third-order valence-electron chi connectivity index (χ3n) is 2.92. The van der Waals surface area contributed by atoms with Gasteiger partial charge in [0, 0.05) is 12.2 Å². The predicted molar refractivity (Wildman–Crippen MR) is 74.3 cm³/mol. The number of hydrogen-bond acceptors (Lipinski definition) is 4. The van der Waals surface area contributed by atoms with Crippen LogP contribution in [0.3, 0.4) is 0 Å². The summed E-state index contributed by atoms with van der Waals surface area (Å²) in [6.45, 7) is 5.93. The average molecular weight is 242 g/mol. The lowest BCUT2D eigenvalue weighted by Crippen LogP contribution is -2.23. The Labute approximate surface area is 107 Å². The summed E-state index contributed by atoms with van der Waals surface area (Å²) in [6.07, 6.45) is 3.33. The summed E-state index contributed by atoms with van der Waals surface area (Å²) in [7, 11) is 0. The Morgan fingerprint density at radius 1 is 1.17 bits per heavy atom. The molecule has 2 rings (SSSR count). The van der Waals surface area contributed by atoms with E-state index in [0.717, 1.165) is 18.8 Å². The van der Waals surface area contributed by atoms with Crippen LogP contribution in [0.1, 0.15) is 18.2 Å². The molecule has 0 amide bonds. The number of para-hydroxylation sites is 1. The van der Waals surface area contributed by atoms with Gasteiger partial charge in [0.1, 0.15) is 5.82 Å². The van der Waals surface area contributed by atoms with E-state index in [1.54, 1.807) is 12.4 Å². The number of rotatable bonds is 4. The third kappa shape index (κ3) is 2.77. The van der Waals surface area contributed by atoms with Crippen LogP contribution in [0.15, 0.2) is 36.7 Å². The molecule has 1 aromatic heterocycles. The highest BCUT2D eigenvalue weighted by atomic mass is 15.1. The maximum Gasteiger partial charge on any atom is 0.141 e. The number of aromatic nitrogens is 2. The fourth-order valence-electron chi connectivity index (χ4n) is 1.93. The number of nitrogen functional groups attached to an aromatic ring is 1. The first-order valence-electron chi connectivity index (χ1n) is 6.07. The third-order valence-corrected chi connectivity index (χ3v) is 2.92. The molecule has 0 aliphatic carbocycles. The molecule has 2 N–H and O–H groups in total. The molecule has 0 aliphatic heterocycles. The van der Waals surface area contributed by atoms with Crippen molar-refractivity contribution < 1.29 is 0 Å². The summed E-state index contributed by atoms with van der Waals surface area (Å²) < 4.78 is 0. The van der Waals surface area contributed by atoms with E-state index < -0.39 is 0 Å². The smallest absolute Gasteiger partial charge is 0.141 e. The quantitative estimate of drug-likeness (QED) is 0.894. The standard InChI is InChI=1S/C14H18N4/c1-3-18(13-7-5-4-6-11(13)2)10-12-8-17-14(15)9-16-12/h4-9H,3,10H2,1-2H3,(H2,15,17). The number of benzene rings is 1. The van der Waals surface area contributed by atoms with E-state index in [2.05, 4.69) is 53.0 Å². The minimum Gasteiger partial charge on any atom is -0.382 e. The maximum absolute atomic E-state index is 5.54. The van der Waals surface area contributed by atoms with E-state index >= 15 is 0 Å². The van der Waals surface area contributed by atoms with E-state index in [1.165, 1.54) is 11.3 Å². The Morgan fingerprint density at radius 3 is 2.56 bits per heavy atom. The molecule has 0 aliphatic rings. The van der Waals surface area contributed by atoms with Gasteiger partial charge in [0.05, 0.1) is 24.6 Å². The molecule has 0 saturated heterocycles. The van der Waals surface area contributed by atoms with Gasteiger partial charge in [-0.1, -0.05) is 18.2 Å². The number of nitrogens with zero attached hydrogens (tertiary/aromatic N) is 3. The Morgan fingerprint density at radius 2 is 1.94 bits per heavy atom. The molecule has 0 unspecified atom stereocenters. The van der Waals surface area contributed by atoms with Crippen LogP contribution in [0.25, 0.3) is 0 Å². The molecule has 0 saturated carbocycles. The van der Waals surface area contributed by atoms with Crippen molar-refractivity contribution in [2.45, 2.75) is 20.4 Å². The molecule has 1 aromatic carbocycles. The van der Waals surface area contributed by atoms with E-state index in [9.17, 15) is 0 Å². The minimum atomic E-state index is 0.456. The lowest BCUT2D eigenvalue weighted by Gasteiger charge is -2.24. The highest BCUT2D eigenvalue weighted by Crippen LogP contribution is 2.20. The average Bonchev–Trinajstić information content (AvgIpc) is 2.39. The van der Waals surface area contributed by atoms with Crippen molar-refractivity contribution in [2.75, 3.05) is 17.2 Å². The van der Waals surface area contributed by atoms with Crippen molar-refractivity contribution in [1.29, 1.82) is 0 Å². The molecule has 18 heavy (non-hydrogen) atoms. The number of aryl methyl sites for hydroxylation is 1. The van der Waals surface area contributed by atoms with Crippen molar-refractivity contribution in [3.8, 4) is 0 Å². The maximum atomic E-state index is 5.54. The zero-order valence-electron chi connectivity index (χ0n) is 10.8. The summed E-state index contributed by atoms with van der Waals surface area (Å²) in [5, 5.41) is 0. The molecule has 2 aromatic rings. The predicted octanol–water partition coefficient (Wildman–Crippen LogP) is 2.39. The molecule has 0 radical (unpaired) electrons. The molecular formula is C14H18N4. The van der Waals surface area contributed by atoms with Crippen molar-refractivity contribution in [3.63, 3.8) is 0 Å².